The molecule has 148 valence electrons. The van der Waals surface area contributed by atoms with Crippen molar-refractivity contribution >= 4 is 11.9 Å². The third-order valence-electron chi connectivity index (χ3n) is 5.62. The van der Waals surface area contributed by atoms with Crippen molar-refractivity contribution in [3.8, 4) is 11.5 Å². The van der Waals surface area contributed by atoms with E-state index < -0.39 is 5.97 Å². The summed E-state index contributed by atoms with van der Waals surface area (Å²) < 4.78 is 11.4. The summed E-state index contributed by atoms with van der Waals surface area (Å²) in [6.45, 7) is 6.33. The van der Waals surface area contributed by atoms with Gasteiger partial charge >= 0.3 is 5.97 Å². The largest absolute Gasteiger partial charge is 0.490 e. The summed E-state index contributed by atoms with van der Waals surface area (Å²) in [5.74, 6) is 0.593. The number of aliphatic carboxylic acids is 1. The predicted octanol–water partition coefficient (Wildman–Crippen LogP) is 3.26. The van der Waals surface area contributed by atoms with E-state index in [9.17, 15) is 9.59 Å². The number of rotatable bonds is 6. The van der Waals surface area contributed by atoms with Crippen molar-refractivity contribution in [1.82, 2.24) is 4.90 Å². The number of carbonyl (C=O) groups excluding carboxylic acids is 1. The van der Waals surface area contributed by atoms with Gasteiger partial charge in [0.25, 0.3) is 0 Å². The summed E-state index contributed by atoms with van der Waals surface area (Å²) >= 11 is 0. The first-order valence-electron chi connectivity index (χ1n) is 9.96. The molecule has 0 bridgehead atoms. The standard InChI is InChI=1S/C21H29NO5/c1-3-26-18-11-16-9-10-22(13-17(16)12-19(18)27-4-2)20(23)14-5-7-15(8-6-14)21(24)25/h11-12,14-15H,3-10,13H2,1-2H3,(H,24,25). The van der Waals surface area contributed by atoms with Gasteiger partial charge in [0, 0.05) is 19.0 Å². The van der Waals surface area contributed by atoms with Crippen molar-refractivity contribution in [2.75, 3.05) is 19.8 Å². The number of benzene rings is 1. The molecule has 0 spiro atoms. The molecule has 0 radical (unpaired) electrons. The van der Waals surface area contributed by atoms with Crippen molar-refractivity contribution in [2.45, 2.75) is 52.5 Å². The monoisotopic (exact) mass is 375 g/mol. The molecular formula is C21H29NO5. The Labute approximate surface area is 160 Å². The van der Waals surface area contributed by atoms with Crippen LogP contribution in [0.25, 0.3) is 0 Å². The van der Waals surface area contributed by atoms with Gasteiger partial charge in [-0.25, -0.2) is 0 Å². The molecule has 3 rings (SSSR count). The zero-order valence-corrected chi connectivity index (χ0v) is 16.2. The molecule has 6 heteroatoms. The van der Waals surface area contributed by atoms with E-state index >= 15 is 0 Å². The molecule has 27 heavy (non-hydrogen) atoms. The quantitative estimate of drug-likeness (QED) is 0.826. The van der Waals surface area contributed by atoms with E-state index in [1.165, 1.54) is 5.56 Å². The van der Waals surface area contributed by atoms with Gasteiger partial charge in [0.2, 0.25) is 5.91 Å². The summed E-state index contributed by atoms with van der Waals surface area (Å²) in [5.41, 5.74) is 2.32. The number of hydrogen-bond donors (Lipinski definition) is 1. The zero-order chi connectivity index (χ0) is 19.4. The van der Waals surface area contributed by atoms with E-state index in [-0.39, 0.29) is 17.7 Å². The van der Waals surface area contributed by atoms with E-state index in [2.05, 4.69) is 0 Å². The topological polar surface area (TPSA) is 76.1 Å². The lowest BCUT2D eigenvalue weighted by Gasteiger charge is -2.34. The van der Waals surface area contributed by atoms with Crippen LogP contribution < -0.4 is 9.47 Å². The lowest BCUT2D eigenvalue weighted by molar-refractivity contribution is -0.146. The number of amides is 1. The molecular weight excluding hydrogens is 346 g/mol. The highest BCUT2D eigenvalue weighted by Gasteiger charge is 2.33. The number of ether oxygens (including phenoxy) is 2. The fraction of sp³-hybridized carbons (Fsp3) is 0.619. The van der Waals surface area contributed by atoms with Gasteiger partial charge in [-0.1, -0.05) is 0 Å². The Balaban J connectivity index is 1.69. The molecule has 1 N–H and O–H groups in total. The minimum absolute atomic E-state index is 0.0452. The minimum Gasteiger partial charge on any atom is -0.490 e. The molecule has 1 aliphatic carbocycles. The Morgan fingerprint density at radius 2 is 1.56 bits per heavy atom. The SMILES string of the molecule is CCOc1cc2c(cc1OCC)CN(C(=O)C1CCC(C(=O)O)CC1)CC2. The molecule has 1 aliphatic heterocycles. The van der Waals surface area contributed by atoms with Crippen LogP contribution in [0.5, 0.6) is 11.5 Å². The predicted molar refractivity (Wildman–Crippen MR) is 101 cm³/mol. The van der Waals surface area contributed by atoms with Crippen molar-refractivity contribution in [3.05, 3.63) is 23.3 Å². The molecule has 0 aromatic heterocycles. The summed E-state index contributed by atoms with van der Waals surface area (Å²) in [6.07, 6.45) is 3.35. The number of fused-ring (bicyclic) bond motifs is 1. The number of hydrogen-bond acceptors (Lipinski definition) is 4. The van der Waals surface area contributed by atoms with Crippen LogP contribution in [0.2, 0.25) is 0 Å². The van der Waals surface area contributed by atoms with Gasteiger partial charge in [0.05, 0.1) is 19.1 Å². The highest BCUT2D eigenvalue weighted by Crippen LogP contribution is 2.35. The lowest BCUT2D eigenvalue weighted by Crippen LogP contribution is -2.41. The Morgan fingerprint density at radius 1 is 1.00 bits per heavy atom. The van der Waals surface area contributed by atoms with Crippen LogP contribution in [-0.2, 0) is 22.6 Å². The average molecular weight is 375 g/mol. The molecule has 1 amide bonds. The normalized spacial score (nSPS) is 22.1. The smallest absolute Gasteiger partial charge is 0.306 e. The van der Waals surface area contributed by atoms with E-state index in [4.69, 9.17) is 14.6 Å². The van der Waals surface area contributed by atoms with Gasteiger partial charge in [-0.15, -0.1) is 0 Å². The Kier molecular flexibility index (Phi) is 6.24. The molecule has 0 atom stereocenters. The summed E-state index contributed by atoms with van der Waals surface area (Å²) in [4.78, 5) is 26.0. The first-order valence-corrected chi connectivity index (χ1v) is 9.96. The van der Waals surface area contributed by atoms with Crippen molar-refractivity contribution < 1.29 is 24.2 Å². The van der Waals surface area contributed by atoms with Gasteiger partial charge < -0.3 is 19.5 Å². The maximum absolute atomic E-state index is 12.9. The molecule has 0 unspecified atom stereocenters. The molecule has 1 aromatic carbocycles. The van der Waals surface area contributed by atoms with Crippen molar-refractivity contribution in [3.63, 3.8) is 0 Å². The molecule has 1 heterocycles. The van der Waals surface area contributed by atoms with Gasteiger partial charge in [-0.2, -0.15) is 0 Å². The lowest BCUT2D eigenvalue weighted by atomic mass is 9.81. The fourth-order valence-corrected chi connectivity index (χ4v) is 4.13. The maximum atomic E-state index is 12.9. The highest BCUT2D eigenvalue weighted by atomic mass is 16.5. The first-order chi connectivity index (χ1) is 13.0. The summed E-state index contributed by atoms with van der Waals surface area (Å²) in [7, 11) is 0. The maximum Gasteiger partial charge on any atom is 0.306 e. The molecule has 6 nitrogen and oxygen atoms in total. The number of carboxylic acids is 1. The van der Waals surface area contributed by atoms with Crippen LogP contribution >= 0.6 is 0 Å². The van der Waals surface area contributed by atoms with Gasteiger partial charge in [0.1, 0.15) is 0 Å². The van der Waals surface area contributed by atoms with Crippen LogP contribution in [0.15, 0.2) is 12.1 Å². The third kappa shape index (κ3) is 4.37. The van der Waals surface area contributed by atoms with Gasteiger partial charge in [-0.05, 0) is 69.2 Å². The molecule has 2 aliphatic rings. The Bertz CT molecular complexity index is 694. The van der Waals surface area contributed by atoms with Crippen LogP contribution in [0.3, 0.4) is 0 Å². The van der Waals surface area contributed by atoms with E-state index in [0.29, 0.717) is 52.0 Å². The van der Waals surface area contributed by atoms with Crippen LogP contribution in [0.1, 0.15) is 50.7 Å². The number of carboxylic acid groups (broad SMARTS) is 1. The number of nitrogens with zero attached hydrogens (tertiary/aromatic N) is 1. The zero-order valence-electron chi connectivity index (χ0n) is 16.2. The summed E-state index contributed by atoms with van der Waals surface area (Å²) in [5, 5.41) is 9.13. The highest BCUT2D eigenvalue weighted by molar-refractivity contribution is 5.80. The Morgan fingerprint density at radius 3 is 2.11 bits per heavy atom. The van der Waals surface area contributed by atoms with Gasteiger partial charge in [-0.3, -0.25) is 9.59 Å². The van der Waals surface area contributed by atoms with Crippen molar-refractivity contribution in [2.24, 2.45) is 11.8 Å². The van der Waals surface area contributed by atoms with Crippen LogP contribution in [0, 0.1) is 11.8 Å². The summed E-state index contributed by atoms with van der Waals surface area (Å²) in [6, 6.07) is 4.05. The van der Waals surface area contributed by atoms with Crippen LogP contribution in [0.4, 0.5) is 0 Å². The number of carbonyl (C=O) groups is 2. The molecule has 1 aromatic rings. The van der Waals surface area contributed by atoms with Crippen LogP contribution in [-0.4, -0.2) is 41.6 Å². The molecule has 0 saturated heterocycles. The fourth-order valence-electron chi connectivity index (χ4n) is 4.13. The second-order valence-electron chi connectivity index (χ2n) is 7.33. The first kappa shape index (κ1) is 19.5. The minimum atomic E-state index is -0.735. The third-order valence-corrected chi connectivity index (χ3v) is 5.62. The van der Waals surface area contributed by atoms with E-state index in [0.717, 1.165) is 23.5 Å². The van der Waals surface area contributed by atoms with E-state index in [1.807, 2.05) is 30.9 Å². The second kappa shape index (κ2) is 8.63. The van der Waals surface area contributed by atoms with Crippen molar-refractivity contribution in [1.29, 1.82) is 0 Å². The van der Waals surface area contributed by atoms with Gasteiger partial charge in [0.15, 0.2) is 11.5 Å². The Hall–Kier alpha value is -2.24. The second-order valence-corrected chi connectivity index (χ2v) is 7.33. The molecule has 1 fully saturated rings. The molecule has 1 saturated carbocycles. The average Bonchev–Trinajstić information content (AvgIpc) is 2.68. The van der Waals surface area contributed by atoms with E-state index in [1.54, 1.807) is 0 Å².